The van der Waals surface area contributed by atoms with E-state index in [0.29, 0.717) is 25.7 Å². The second-order valence-electron chi connectivity index (χ2n) is 5.65. The summed E-state index contributed by atoms with van der Waals surface area (Å²) in [7, 11) is -3.17. The number of thioether (sulfide) groups is 2. The van der Waals surface area contributed by atoms with Crippen molar-refractivity contribution in [3.8, 4) is 0 Å². The third-order valence-corrected chi connectivity index (χ3v) is 7.84. The first-order chi connectivity index (χ1) is 11.1. The number of rotatable bonds is 6. The first-order valence-corrected chi connectivity index (χ1v) is 12.2. The van der Waals surface area contributed by atoms with Gasteiger partial charge in [-0.2, -0.15) is 23.5 Å². The molecule has 0 radical (unpaired) electrons. The fourth-order valence-corrected chi connectivity index (χ4v) is 6.12. The number of hydrogen-bond acceptors (Lipinski definition) is 5. The second-order valence-corrected chi connectivity index (χ2v) is 10.1. The van der Waals surface area contributed by atoms with Crippen molar-refractivity contribution >= 4 is 63.5 Å². The first kappa shape index (κ1) is 22.7. The van der Waals surface area contributed by atoms with E-state index < -0.39 is 10.0 Å². The molecule has 0 saturated carbocycles. The van der Waals surface area contributed by atoms with E-state index >= 15 is 0 Å². The van der Waals surface area contributed by atoms with Gasteiger partial charge in [-0.15, -0.1) is 24.0 Å². The molecule has 10 heteroatoms. The van der Waals surface area contributed by atoms with Gasteiger partial charge in [0.2, 0.25) is 10.0 Å². The number of aliphatic imine (C=N–C) groups is 1. The molecule has 0 spiro atoms. The number of nitrogens with one attached hydrogen (secondary N) is 2. The van der Waals surface area contributed by atoms with Gasteiger partial charge in [-0.05, 0) is 25.5 Å². The summed E-state index contributed by atoms with van der Waals surface area (Å²) in [5.74, 6) is 4.95. The molecule has 2 rings (SSSR count). The standard InChI is InChI=1S/C14H28N4O2S3.HI/c1-2-15-14(17-13-4-3-8-22-12-13)16-5-11-23(19,20)18-6-9-21-10-7-18;/h13H,2-12H2,1H3,(H2,15,16,17);1H. The molecule has 0 amide bonds. The van der Waals surface area contributed by atoms with Crippen molar-refractivity contribution in [3.05, 3.63) is 0 Å². The average molecular weight is 509 g/mol. The number of halogens is 1. The topological polar surface area (TPSA) is 73.8 Å². The largest absolute Gasteiger partial charge is 0.357 e. The Balaban J connectivity index is 0.00000288. The van der Waals surface area contributed by atoms with Crippen LogP contribution < -0.4 is 10.6 Å². The Hall–Kier alpha value is 0.610. The molecule has 0 aromatic heterocycles. The summed E-state index contributed by atoms with van der Waals surface area (Å²) in [6.07, 6.45) is 2.38. The molecule has 1 atom stereocenters. The van der Waals surface area contributed by atoms with Gasteiger partial charge in [-0.25, -0.2) is 12.7 Å². The molecule has 1 unspecified atom stereocenters. The highest BCUT2D eigenvalue weighted by Gasteiger charge is 2.23. The van der Waals surface area contributed by atoms with Crippen molar-refractivity contribution in [1.29, 1.82) is 0 Å². The lowest BCUT2D eigenvalue weighted by molar-refractivity contribution is 0.444. The zero-order valence-electron chi connectivity index (χ0n) is 14.2. The molecule has 2 aliphatic heterocycles. The quantitative estimate of drug-likeness (QED) is 0.322. The fourth-order valence-electron chi connectivity index (χ4n) is 2.59. The van der Waals surface area contributed by atoms with Gasteiger partial charge in [0.1, 0.15) is 0 Å². The van der Waals surface area contributed by atoms with Crippen molar-refractivity contribution < 1.29 is 8.42 Å². The van der Waals surface area contributed by atoms with E-state index in [-0.39, 0.29) is 29.7 Å². The van der Waals surface area contributed by atoms with Crippen molar-refractivity contribution in [1.82, 2.24) is 14.9 Å². The van der Waals surface area contributed by atoms with E-state index in [0.717, 1.165) is 36.2 Å². The van der Waals surface area contributed by atoms with Crippen LogP contribution in [0, 0.1) is 0 Å². The number of guanidine groups is 1. The molecule has 2 saturated heterocycles. The van der Waals surface area contributed by atoms with Crippen LogP contribution in [0.1, 0.15) is 19.8 Å². The fraction of sp³-hybridized carbons (Fsp3) is 0.929. The summed E-state index contributed by atoms with van der Waals surface area (Å²) in [4.78, 5) is 4.46. The van der Waals surface area contributed by atoms with E-state index in [1.807, 2.05) is 30.4 Å². The highest BCUT2D eigenvalue weighted by molar-refractivity contribution is 14.0. The van der Waals surface area contributed by atoms with Gasteiger partial charge < -0.3 is 10.6 Å². The minimum absolute atomic E-state index is 0. The molecule has 142 valence electrons. The Kier molecular flexibility index (Phi) is 11.4. The lowest BCUT2D eigenvalue weighted by atomic mass is 10.2. The number of sulfonamides is 1. The molecule has 0 aromatic carbocycles. The SMILES string of the molecule is CCNC(=NCCS(=O)(=O)N1CCSCC1)NC1CCCSC1.I. The van der Waals surface area contributed by atoms with Crippen LogP contribution in [-0.4, -0.2) is 79.7 Å². The predicted molar refractivity (Wildman–Crippen MR) is 118 cm³/mol. The third-order valence-electron chi connectivity index (χ3n) is 3.83. The maximum atomic E-state index is 12.3. The summed E-state index contributed by atoms with van der Waals surface area (Å²) < 4.78 is 26.2. The highest BCUT2D eigenvalue weighted by Crippen LogP contribution is 2.16. The molecule has 2 fully saturated rings. The number of nitrogens with zero attached hydrogens (tertiary/aromatic N) is 2. The van der Waals surface area contributed by atoms with E-state index in [4.69, 9.17) is 0 Å². The molecule has 6 nitrogen and oxygen atoms in total. The molecular formula is C14H29IN4O2S3. The van der Waals surface area contributed by atoms with E-state index in [2.05, 4.69) is 15.6 Å². The Morgan fingerprint density at radius 1 is 1.25 bits per heavy atom. The minimum atomic E-state index is -3.17. The molecule has 0 bridgehead atoms. The molecule has 2 N–H and O–H groups in total. The molecule has 2 aliphatic rings. The number of hydrogen-bond donors (Lipinski definition) is 2. The molecule has 0 aliphatic carbocycles. The summed E-state index contributed by atoms with van der Waals surface area (Å²) >= 11 is 3.77. The van der Waals surface area contributed by atoms with Crippen molar-refractivity contribution in [2.24, 2.45) is 4.99 Å². The average Bonchev–Trinajstić information content (AvgIpc) is 2.56. The smallest absolute Gasteiger partial charge is 0.215 e. The first-order valence-electron chi connectivity index (χ1n) is 8.30. The summed E-state index contributed by atoms with van der Waals surface area (Å²) in [6.45, 7) is 4.38. The molecular weight excluding hydrogens is 479 g/mol. The van der Waals surface area contributed by atoms with Crippen LogP contribution >= 0.6 is 47.5 Å². The van der Waals surface area contributed by atoms with Gasteiger partial charge in [-0.1, -0.05) is 0 Å². The van der Waals surface area contributed by atoms with Gasteiger partial charge >= 0.3 is 0 Å². The lowest BCUT2D eigenvalue weighted by Gasteiger charge is -2.26. The maximum absolute atomic E-state index is 12.3. The monoisotopic (exact) mass is 508 g/mol. The summed E-state index contributed by atoms with van der Waals surface area (Å²) in [5, 5.41) is 6.64. The van der Waals surface area contributed by atoms with Crippen LogP contribution in [0.3, 0.4) is 0 Å². The van der Waals surface area contributed by atoms with E-state index in [1.165, 1.54) is 12.2 Å². The van der Waals surface area contributed by atoms with Crippen LogP contribution in [0.5, 0.6) is 0 Å². The zero-order chi connectivity index (χ0) is 16.5. The van der Waals surface area contributed by atoms with Crippen LogP contribution in [0.4, 0.5) is 0 Å². The van der Waals surface area contributed by atoms with Crippen LogP contribution in [-0.2, 0) is 10.0 Å². The summed E-state index contributed by atoms with van der Waals surface area (Å²) in [5.41, 5.74) is 0. The van der Waals surface area contributed by atoms with Gasteiger partial charge in [0.05, 0.1) is 12.3 Å². The van der Waals surface area contributed by atoms with E-state index in [1.54, 1.807) is 4.31 Å². The van der Waals surface area contributed by atoms with Crippen LogP contribution in [0.25, 0.3) is 0 Å². The lowest BCUT2D eigenvalue weighted by Crippen LogP contribution is -2.46. The molecule has 2 heterocycles. The Labute approximate surface area is 171 Å². The van der Waals surface area contributed by atoms with Crippen LogP contribution in [0.2, 0.25) is 0 Å². The van der Waals surface area contributed by atoms with Gasteiger partial charge in [0.25, 0.3) is 0 Å². The third kappa shape index (κ3) is 7.88. The highest BCUT2D eigenvalue weighted by atomic mass is 127. The van der Waals surface area contributed by atoms with Crippen molar-refractivity contribution in [2.75, 3.05) is 54.9 Å². The van der Waals surface area contributed by atoms with Crippen molar-refractivity contribution in [3.63, 3.8) is 0 Å². The second kappa shape index (κ2) is 12.1. The van der Waals surface area contributed by atoms with E-state index in [9.17, 15) is 8.42 Å². The van der Waals surface area contributed by atoms with Crippen molar-refractivity contribution in [2.45, 2.75) is 25.8 Å². The minimum Gasteiger partial charge on any atom is -0.357 e. The summed E-state index contributed by atoms with van der Waals surface area (Å²) in [6, 6.07) is 0.433. The molecule has 0 aromatic rings. The molecule has 24 heavy (non-hydrogen) atoms. The normalized spacial score (nSPS) is 23.4. The van der Waals surface area contributed by atoms with Gasteiger partial charge in [0.15, 0.2) is 5.96 Å². The van der Waals surface area contributed by atoms with Gasteiger partial charge in [0, 0.05) is 42.9 Å². The Morgan fingerprint density at radius 2 is 2.00 bits per heavy atom. The zero-order valence-corrected chi connectivity index (χ0v) is 19.0. The predicted octanol–water partition coefficient (Wildman–Crippen LogP) is 1.43. The Bertz CT molecular complexity index is 478. The van der Waals surface area contributed by atoms with Crippen LogP contribution in [0.15, 0.2) is 4.99 Å². The van der Waals surface area contributed by atoms with Gasteiger partial charge in [-0.3, -0.25) is 4.99 Å². The Morgan fingerprint density at radius 3 is 2.62 bits per heavy atom. The maximum Gasteiger partial charge on any atom is 0.215 e.